The first-order valence-electron chi connectivity index (χ1n) is 38.2. The van der Waals surface area contributed by atoms with E-state index in [1.807, 2.05) is 172 Å². The molecule has 0 unspecified atom stereocenters. The van der Waals surface area contributed by atoms with Gasteiger partial charge in [-0.15, -0.1) is 0 Å². The molecule has 12 rings (SSSR count). The molecule has 0 N–H and O–H groups in total. The Hall–Kier alpha value is -9.36. The van der Waals surface area contributed by atoms with Gasteiger partial charge < -0.3 is 0 Å². The summed E-state index contributed by atoms with van der Waals surface area (Å²) in [5.41, 5.74) is 25.7. The zero-order chi connectivity index (χ0) is 76.3. The fourth-order valence-corrected chi connectivity index (χ4v) is 9.64. The molecule has 0 fully saturated rings. The van der Waals surface area contributed by atoms with Gasteiger partial charge in [0.1, 0.15) is 0 Å². The molecule has 0 bridgehead atoms. The Labute approximate surface area is 616 Å². The molecule has 0 radical (unpaired) electrons. The maximum Gasteiger partial charge on any atom is -0.0103 e. The second-order valence-corrected chi connectivity index (χ2v) is 19.0. The quantitative estimate of drug-likeness (QED) is 0.142. The maximum atomic E-state index is 2.26. The van der Waals surface area contributed by atoms with E-state index in [1.54, 1.807) is 0 Å². The van der Waals surface area contributed by atoms with Crippen LogP contribution in [0, 0.1) is 27.7 Å². The fourth-order valence-electron chi connectivity index (χ4n) is 9.64. The van der Waals surface area contributed by atoms with Gasteiger partial charge in [-0.3, -0.25) is 0 Å². The summed E-state index contributed by atoms with van der Waals surface area (Å²) in [5.74, 6) is 0. The second-order valence-electron chi connectivity index (χ2n) is 19.0. The second kappa shape index (κ2) is 66.9. The Morgan fingerprint density at radius 1 is 0.120 bits per heavy atom. The van der Waals surface area contributed by atoms with E-state index in [1.165, 1.54) is 111 Å². The van der Waals surface area contributed by atoms with Crippen LogP contribution >= 0.6 is 0 Å². The molecule has 0 aliphatic heterocycles. The minimum Gasteiger partial charge on any atom is -0.0683 e. The normalized spacial score (nSPS) is 8.60. The van der Waals surface area contributed by atoms with Crippen LogP contribution in [0.2, 0.25) is 0 Å². The van der Waals surface area contributed by atoms with Gasteiger partial charge in [-0.1, -0.05) is 481 Å². The lowest BCUT2D eigenvalue weighted by atomic mass is 9.92. The highest BCUT2D eigenvalue weighted by atomic mass is 14.1. The SMILES string of the molecule is CC.CC.CC.CC.CC.CC.CC.CC.CC.CC.CC.CC.Cc1cccc(-c2ccccc2-c2ccccc2)c1.Cc1ccccc1-c1ccc(-c2ccccc2)cc1.Cc1ccccc1-c1cccc(-c2ccccc2)c1.Cc1ccccc1-c1ccccc1-c1ccccc1. The molecule has 0 amide bonds. The van der Waals surface area contributed by atoms with E-state index in [9.17, 15) is 0 Å². The molecule has 0 saturated carbocycles. The van der Waals surface area contributed by atoms with Gasteiger partial charge in [0.15, 0.2) is 0 Å². The number of aryl methyl sites for hydroxylation is 4. The van der Waals surface area contributed by atoms with Crippen molar-refractivity contribution in [1.29, 1.82) is 0 Å². The average molecular weight is 1340 g/mol. The summed E-state index contributed by atoms with van der Waals surface area (Å²) >= 11 is 0. The van der Waals surface area contributed by atoms with E-state index in [0.717, 1.165) is 0 Å². The minimum absolute atomic E-state index is 1.26. The van der Waals surface area contributed by atoms with Crippen LogP contribution in [0.15, 0.2) is 315 Å². The van der Waals surface area contributed by atoms with Crippen molar-refractivity contribution >= 4 is 0 Å². The summed E-state index contributed by atoms with van der Waals surface area (Å²) in [6, 6.07) is 111. The zero-order valence-electron chi connectivity index (χ0n) is 68.0. The van der Waals surface area contributed by atoms with Gasteiger partial charge in [0.05, 0.1) is 0 Å². The Bertz CT molecular complexity index is 3700. The van der Waals surface area contributed by atoms with Gasteiger partial charge in [-0.25, -0.2) is 0 Å². The third kappa shape index (κ3) is 34.9. The van der Waals surface area contributed by atoms with E-state index in [0.29, 0.717) is 0 Å². The summed E-state index contributed by atoms with van der Waals surface area (Å²) in [7, 11) is 0. The maximum absolute atomic E-state index is 2.26. The van der Waals surface area contributed by atoms with E-state index < -0.39 is 0 Å². The smallest absolute Gasteiger partial charge is 0.0103 e. The topological polar surface area (TPSA) is 0 Å². The van der Waals surface area contributed by atoms with Crippen LogP contribution in [0.25, 0.3) is 89.0 Å². The Morgan fingerprint density at radius 3 is 0.670 bits per heavy atom. The number of hydrogen-bond donors (Lipinski definition) is 0. The summed E-state index contributed by atoms with van der Waals surface area (Å²) in [6.07, 6.45) is 0. The molecule has 0 heterocycles. The molecule has 0 aromatic heterocycles. The number of rotatable bonds is 8. The van der Waals surface area contributed by atoms with Gasteiger partial charge in [0.2, 0.25) is 0 Å². The first kappa shape index (κ1) is 97.0. The van der Waals surface area contributed by atoms with Crippen molar-refractivity contribution in [3.63, 3.8) is 0 Å². The first-order valence-corrected chi connectivity index (χ1v) is 38.2. The fraction of sp³-hybridized carbons (Fsp3) is 0.280. The summed E-state index contributed by atoms with van der Waals surface area (Å²) in [5, 5.41) is 0. The third-order valence-corrected chi connectivity index (χ3v) is 13.7. The number of benzene rings is 12. The van der Waals surface area contributed by atoms with Gasteiger partial charge >= 0.3 is 0 Å². The van der Waals surface area contributed by atoms with Gasteiger partial charge in [0.25, 0.3) is 0 Å². The van der Waals surface area contributed by atoms with Crippen LogP contribution in [0.3, 0.4) is 0 Å². The van der Waals surface area contributed by atoms with Crippen molar-refractivity contribution in [1.82, 2.24) is 0 Å². The average Bonchev–Trinajstić information content (AvgIpc) is 0.838. The molecule has 0 saturated heterocycles. The zero-order valence-corrected chi connectivity index (χ0v) is 68.0. The molecule has 0 aliphatic carbocycles. The van der Waals surface area contributed by atoms with Crippen molar-refractivity contribution in [2.45, 2.75) is 194 Å². The van der Waals surface area contributed by atoms with Crippen LogP contribution in [0.5, 0.6) is 0 Å². The van der Waals surface area contributed by atoms with Gasteiger partial charge in [0, 0.05) is 0 Å². The minimum atomic E-state index is 1.26. The highest BCUT2D eigenvalue weighted by Gasteiger charge is 2.10. The first-order chi connectivity index (χ1) is 49.4. The highest BCUT2D eigenvalue weighted by molar-refractivity contribution is 5.85. The van der Waals surface area contributed by atoms with E-state index in [-0.39, 0.29) is 0 Å². The van der Waals surface area contributed by atoms with Crippen molar-refractivity contribution in [3.05, 3.63) is 338 Å². The monoisotopic (exact) mass is 1340 g/mol. The Morgan fingerprint density at radius 2 is 0.320 bits per heavy atom. The molecule has 0 aliphatic rings. The van der Waals surface area contributed by atoms with Crippen molar-refractivity contribution < 1.29 is 0 Å². The molecule has 12 aromatic rings. The number of hydrogen-bond acceptors (Lipinski definition) is 0. The molecule has 0 nitrogen and oxygen atoms in total. The molecular formula is C100H136. The Balaban J connectivity index is -0.000000557. The van der Waals surface area contributed by atoms with Crippen molar-refractivity contribution in [2.75, 3.05) is 0 Å². The molecule has 0 spiro atoms. The van der Waals surface area contributed by atoms with Crippen LogP contribution in [-0.2, 0) is 0 Å². The molecule has 0 heteroatoms. The molecule has 0 atom stereocenters. The van der Waals surface area contributed by atoms with Crippen LogP contribution in [0.1, 0.15) is 188 Å². The summed E-state index contributed by atoms with van der Waals surface area (Å²) in [4.78, 5) is 0. The van der Waals surface area contributed by atoms with Crippen molar-refractivity contribution in [2.24, 2.45) is 0 Å². The van der Waals surface area contributed by atoms with E-state index in [4.69, 9.17) is 0 Å². The van der Waals surface area contributed by atoms with Crippen molar-refractivity contribution in [3.8, 4) is 89.0 Å². The van der Waals surface area contributed by atoms with Crippen LogP contribution in [-0.4, -0.2) is 0 Å². The molecule has 12 aromatic carbocycles. The van der Waals surface area contributed by atoms with E-state index >= 15 is 0 Å². The lowest BCUT2D eigenvalue weighted by Gasteiger charge is -2.12. The lowest BCUT2D eigenvalue weighted by molar-refractivity contribution is 1.46. The Kier molecular flexibility index (Phi) is 64.9. The summed E-state index contributed by atoms with van der Waals surface area (Å²) in [6.45, 7) is 56.6. The standard InChI is InChI=1S/4C19H16.12C2H6/c1-15-9-5-6-12-17(15)19-14-8-7-13-18(19)16-10-3-2-4-11-16;1-15-8-7-11-17(14-15)19-13-6-5-12-18(19)16-9-3-2-4-10-16;1-15-8-5-6-13-19(15)18-12-7-11-17(14-18)16-9-3-2-4-10-16;1-15-7-5-6-10-19(15)18-13-11-17(12-14-18)16-8-3-2-4-9-16;12*1-2/h4*2-14H,1H3;12*1-2H3. The largest absolute Gasteiger partial charge is 0.0683 e. The van der Waals surface area contributed by atoms with Crippen LogP contribution in [0.4, 0.5) is 0 Å². The third-order valence-electron chi connectivity index (χ3n) is 13.7. The molecular weight excluding hydrogens is 1200 g/mol. The molecule has 536 valence electrons. The predicted molar refractivity (Wildman–Crippen MR) is 464 cm³/mol. The van der Waals surface area contributed by atoms with Gasteiger partial charge in [-0.2, -0.15) is 0 Å². The lowest BCUT2D eigenvalue weighted by Crippen LogP contribution is -1.87. The van der Waals surface area contributed by atoms with Crippen LogP contribution < -0.4 is 0 Å². The van der Waals surface area contributed by atoms with Gasteiger partial charge in [-0.05, 0) is 139 Å². The summed E-state index contributed by atoms with van der Waals surface area (Å²) < 4.78 is 0. The highest BCUT2D eigenvalue weighted by Crippen LogP contribution is 2.35. The molecule has 100 heavy (non-hydrogen) atoms. The predicted octanol–water partition coefficient (Wildman–Crippen LogP) is 33.6. The van der Waals surface area contributed by atoms with E-state index in [2.05, 4.69) is 337 Å².